The fraction of sp³-hybridized carbons (Fsp3) is 0.348. The lowest BCUT2D eigenvalue weighted by Crippen LogP contribution is -2.42. The standard InChI is InChI=1S/C23H29N5O3S/c1-5-27(6-2)14-19-7-8-20(31-19)22(30)26-25-21(29)15-32-23-24-9-10-28(23)18-12-16(3)11-17(4)13-18/h7-13H,5-6,14-15H2,1-4H3,(H,25,29)(H,26,30). The van der Waals surface area contributed by atoms with E-state index < -0.39 is 5.91 Å². The minimum atomic E-state index is -0.495. The lowest BCUT2D eigenvalue weighted by molar-refractivity contribution is -0.119. The molecule has 1 aromatic carbocycles. The van der Waals surface area contributed by atoms with Gasteiger partial charge in [-0.05, 0) is 62.3 Å². The van der Waals surface area contributed by atoms with Crippen molar-refractivity contribution in [2.45, 2.75) is 39.4 Å². The Morgan fingerprint density at radius 3 is 2.50 bits per heavy atom. The molecule has 8 nitrogen and oxygen atoms in total. The van der Waals surface area contributed by atoms with Crippen molar-refractivity contribution < 1.29 is 14.0 Å². The molecule has 0 unspecified atom stereocenters. The second-order valence-corrected chi connectivity index (χ2v) is 8.39. The molecule has 3 rings (SSSR count). The molecule has 0 spiro atoms. The molecule has 2 aromatic heterocycles. The van der Waals surface area contributed by atoms with Gasteiger partial charge in [0, 0.05) is 18.1 Å². The zero-order chi connectivity index (χ0) is 23.1. The molecule has 0 fully saturated rings. The van der Waals surface area contributed by atoms with Crippen LogP contribution in [-0.4, -0.2) is 45.1 Å². The molecule has 2 heterocycles. The summed E-state index contributed by atoms with van der Waals surface area (Å²) >= 11 is 1.29. The maximum Gasteiger partial charge on any atom is 0.305 e. The summed E-state index contributed by atoms with van der Waals surface area (Å²) in [6.45, 7) is 10.7. The summed E-state index contributed by atoms with van der Waals surface area (Å²) in [6, 6.07) is 9.62. The number of nitrogens with zero attached hydrogens (tertiary/aromatic N) is 3. The average Bonchev–Trinajstić information content (AvgIpc) is 3.43. The van der Waals surface area contributed by atoms with E-state index in [2.05, 4.69) is 52.8 Å². The number of benzene rings is 1. The van der Waals surface area contributed by atoms with Gasteiger partial charge in [0.25, 0.3) is 0 Å². The number of rotatable bonds is 9. The van der Waals surface area contributed by atoms with E-state index in [0.29, 0.717) is 17.5 Å². The Morgan fingerprint density at radius 1 is 1.09 bits per heavy atom. The molecule has 32 heavy (non-hydrogen) atoms. The van der Waals surface area contributed by atoms with Crippen molar-refractivity contribution in [3.8, 4) is 5.69 Å². The Balaban J connectivity index is 1.51. The Morgan fingerprint density at radius 2 is 1.81 bits per heavy atom. The number of nitrogens with one attached hydrogen (secondary N) is 2. The molecular formula is C23H29N5O3S. The van der Waals surface area contributed by atoms with Crippen LogP contribution in [0.2, 0.25) is 0 Å². The summed E-state index contributed by atoms with van der Waals surface area (Å²) in [5.74, 6) is 0.136. The Kier molecular flexibility index (Phi) is 8.13. The highest BCUT2D eigenvalue weighted by Crippen LogP contribution is 2.22. The number of carbonyl (C=O) groups excluding carboxylic acids is 2. The minimum absolute atomic E-state index is 0.105. The molecule has 170 valence electrons. The van der Waals surface area contributed by atoms with Crippen LogP contribution in [0.5, 0.6) is 0 Å². The van der Waals surface area contributed by atoms with Gasteiger partial charge in [0.05, 0.1) is 12.3 Å². The highest BCUT2D eigenvalue weighted by atomic mass is 32.2. The fourth-order valence-corrected chi connectivity index (χ4v) is 4.06. The molecule has 0 saturated carbocycles. The van der Waals surface area contributed by atoms with Crippen molar-refractivity contribution in [1.29, 1.82) is 0 Å². The average molecular weight is 456 g/mol. The van der Waals surface area contributed by atoms with Gasteiger partial charge in [-0.1, -0.05) is 31.7 Å². The Bertz CT molecular complexity index is 1050. The van der Waals surface area contributed by atoms with Crippen LogP contribution in [0.25, 0.3) is 5.69 Å². The predicted octanol–water partition coefficient (Wildman–Crippen LogP) is 3.48. The SMILES string of the molecule is CCN(CC)Cc1ccc(C(=O)NNC(=O)CSc2nccn2-c2cc(C)cc(C)c2)o1. The number of thioether (sulfide) groups is 1. The number of carbonyl (C=O) groups is 2. The first-order valence-electron chi connectivity index (χ1n) is 10.5. The van der Waals surface area contributed by atoms with Gasteiger partial charge in [-0.25, -0.2) is 4.98 Å². The Labute approximate surface area is 192 Å². The van der Waals surface area contributed by atoms with Crippen molar-refractivity contribution >= 4 is 23.6 Å². The van der Waals surface area contributed by atoms with Crippen LogP contribution in [0, 0.1) is 13.8 Å². The number of amides is 2. The van der Waals surface area contributed by atoms with Gasteiger partial charge in [0.15, 0.2) is 10.9 Å². The summed E-state index contributed by atoms with van der Waals surface area (Å²) in [5, 5.41) is 0.698. The first kappa shape index (κ1) is 23.6. The molecule has 0 aliphatic rings. The molecular weight excluding hydrogens is 426 g/mol. The van der Waals surface area contributed by atoms with Gasteiger partial charge >= 0.3 is 5.91 Å². The van der Waals surface area contributed by atoms with E-state index in [1.165, 1.54) is 11.8 Å². The number of aromatic nitrogens is 2. The fourth-order valence-electron chi connectivity index (χ4n) is 3.29. The molecule has 0 aliphatic heterocycles. The maximum absolute atomic E-state index is 12.3. The van der Waals surface area contributed by atoms with Gasteiger partial charge in [-0.3, -0.25) is 29.9 Å². The zero-order valence-corrected chi connectivity index (χ0v) is 19.7. The molecule has 2 N–H and O–H groups in total. The van der Waals surface area contributed by atoms with E-state index in [0.717, 1.165) is 29.9 Å². The van der Waals surface area contributed by atoms with Crippen LogP contribution < -0.4 is 10.9 Å². The van der Waals surface area contributed by atoms with Gasteiger partial charge in [-0.15, -0.1) is 0 Å². The molecule has 3 aromatic rings. The van der Waals surface area contributed by atoms with E-state index in [4.69, 9.17) is 4.42 Å². The third kappa shape index (κ3) is 6.24. The van der Waals surface area contributed by atoms with E-state index in [1.807, 2.05) is 24.6 Å². The number of furan rings is 1. The number of hydrazine groups is 1. The normalized spacial score (nSPS) is 11.0. The number of hydrogen-bond donors (Lipinski definition) is 2. The molecule has 9 heteroatoms. The molecule has 0 atom stereocenters. The lowest BCUT2D eigenvalue weighted by Gasteiger charge is -2.15. The number of imidazole rings is 1. The van der Waals surface area contributed by atoms with E-state index in [-0.39, 0.29) is 17.4 Å². The van der Waals surface area contributed by atoms with Crippen LogP contribution in [0.1, 0.15) is 41.3 Å². The van der Waals surface area contributed by atoms with Gasteiger partial charge in [-0.2, -0.15) is 0 Å². The summed E-state index contributed by atoms with van der Waals surface area (Å²) in [6.07, 6.45) is 3.56. The number of hydrogen-bond acceptors (Lipinski definition) is 6. The monoisotopic (exact) mass is 455 g/mol. The molecule has 0 radical (unpaired) electrons. The molecule has 0 bridgehead atoms. The smallest absolute Gasteiger partial charge is 0.305 e. The Hall–Kier alpha value is -3.04. The van der Waals surface area contributed by atoms with Crippen molar-refractivity contribution in [3.05, 3.63) is 65.4 Å². The van der Waals surface area contributed by atoms with Crippen LogP contribution in [0.15, 0.2) is 52.3 Å². The van der Waals surface area contributed by atoms with Crippen LogP contribution in [0.3, 0.4) is 0 Å². The first-order chi connectivity index (χ1) is 15.4. The zero-order valence-electron chi connectivity index (χ0n) is 18.8. The summed E-state index contributed by atoms with van der Waals surface area (Å²) in [4.78, 5) is 31.0. The van der Waals surface area contributed by atoms with E-state index in [9.17, 15) is 9.59 Å². The van der Waals surface area contributed by atoms with E-state index >= 15 is 0 Å². The van der Waals surface area contributed by atoms with Crippen molar-refractivity contribution in [1.82, 2.24) is 25.3 Å². The van der Waals surface area contributed by atoms with Gasteiger partial charge in [0.2, 0.25) is 5.91 Å². The van der Waals surface area contributed by atoms with Crippen molar-refractivity contribution in [2.24, 2.45) is 0 Å². The highest BCUT2D eigenvalue weighted by molar-refractivity contribution is 7.99. The third-order valence-corrected chi connectivity index (χ3v) is 5.87. The van der Waals surface area contributed by atoms with Crippen molar-refractivity contribution in [2.75, 3.05) is 18.8 Å². The second-order valence-electron chi connectivity index (χ2n) is 7.44. The van der Waals surface area contributed by atoms with Gasteiger partial charge < -0.3 is 4.42 Å². The first-order valence-corrected chi connectivity index (χ1v) is 11.5. The molecule has 0 saturated heterocycles. The van der Waals surface area contributed by atoms with Crippen LogP contribution in [-0.2, 0) is 11.3 Å². The second kappa shape index (κ2) is 11.0. The van der Waals surface area contributed by atoms with Crippen LogP contribution >= 0.6 is 11.8 Å². The van der Waals surface area contributed by atoms with Gasteiger partial charge in [0.1, 0.15) is 5.76 Å². The summed E-state index contributed by atoms with van der Waals surface area (Å²) in [7, 11) is 0. The molecule has 0 aliphatic carbocycles. The topological polar surface area (TPSA) is 92.4 Å². The largest absolute Gasteiger partial charge is 0.454 e. The quantitative estimate of drug-likeness (QED) is 0.379. The summed E-state index contributed by atoms with van der Waals surface area (Å²) in [5.41, 5.74) is 8.13. The third-order valence-electron chi connectivity index (χ3n) is 4.90. The minimum Gasteiger partial charge on any atom is -0.454 e. The predicted molar refractivity (Wildman–Crippen MR) is 125 cm³/mol. The maximum atomic E-state index is 12.3. The summed E-state index contributed by atoms with van der Waals surface area (Å²) < 4.78 is 7.53. The number of aryl methyl sites for hydroxylation is 2. The molecule has 2 amide bonds. The van der Waals surface area contributed by atoms with E-state index in [1.54, 1.807) is 18.3 Å². The van der Waals surface area contributed by atoms with Crippen LogP contribution in [0.4, 0.5) is 0 Å². The lowest BCUT2D eigenvalue weighted by atomic mass is 10.1. The highest BCUT2D eigenvalue weighted by Gasteiger charge is 2.14. The van der Waals surface area contributed by atoms with Crippen molar-refractivity contribution in [3.63, 3.8) is 0 Å².